The molecule has 1 rings (SSSR count). The van der Waals surface area contributed by atoms with Gasteiger partial charge in [0.15, 0.2) is 12.4 Å². The summed E-state index contributed by atoms with van der Waals surface area (Å²) in [7, 11) is 0. The van der Waals surface area contributed by atoms with Gasteiger partial charge in [-0.15, -0.1) is 0 Å². The molecule has 2 nitrogen and oxygen atoms in total. The molecule has 1 aromatic rings. The third-order valence-electron chi connectivity index (χ3n) is 3.10. The van der Waals surface area contributed by atoms with Crippen LogP contribution in [0.5, 0.6) is 0 Å². The van der Waals surface area contributed by atoms with Crippen LogP contribution in [0.2, 0.25) is 0 Å². The number of aryl methyl sites for hydroxylation is 1. The highest BCUT2D eigenvalue weighted by Gasteiger charge is 1.97. The van der Waals surface area contributed by atoms with Crippen LogP contribution in [-0.4, -0.2) is 11.7 Å². The highest BCUT2D eigenvalue weighted by atomic mass is 79.9. The number of aliphatic hydroxyl groups excluding tert-OH is 1. The second kappa shape index (κ2) is 13.0. The Morgan fingerprint density at radius 2 is 1.17 bits per heavy atom. The van der Waals surface area contributed by atoms with Gasteiger partial charge >= 0.3 is 0 Å². The lowest BCUT2D eigenvalue weighted by Gasteiger charge is -2.00. The van der Waals surface area contributed by atoms with E-state index in [-0.39, 0.29) is 17.0 Å². The molecule has 0 unspecified atom stereocenters. The van der Waals surface area contributed by atoms with Crippen molar-refractivity contribution in [1.29, 1.82) is 0 Å². The van der Waals surface area contributed by atoms with Crippen LogP contribution in [0.25, 0.3) is 0 Å². The van der Waals surface area contributed by atoms with Gasteiger partial charge in [0.1, 0.15) is 6.54 Å². The number of pyridine rings is 1. The summed E-state index contributed by atoms with van der Waals surface area (Å²) in [4.78, 5) is 0. The van der Waals surface area contributed by atoms with Gasteiger partial charge in [0, 0.05) is 25.2 Å². The van der Waals surface area contributed by atoms with E-state index in [0.29, 0.717) is 6.61 Å². The zero-order valence-corrected chi connectivity index (χ0v) is 12.8. The van der Waals surface area contributed by atoms with Crippen molar-refractivity contribution in [2.75, 3.05) is 6.61 Å². The molecule has 18 heavy (non-hydrogen) atoms. The summed E-state index contributed by atoms with van der Waals surface area (Å²) >= 11 is 0. The molecule has 0 saturated heterocycles. The average molecular weight is 316 g/mol. The number of rotatable bonds is 10. The van der Waals surface area contributed by atoms with Crippen LogP contribution in [0.1, 0.15) is 51.4 Å². The summed E-state index contributed by atoms with van der Waals surface area (Å²) in [5, 5.41) is 8.64. The van der Waals surface area contributed by atoms with E-state index in [0.717, 1.165) is 13.0 Å². The zero-order chi connectivity index (χ0) is 12.2. The first-order valence-electron chi connectivity index (χ1n) is 6.98. The van der Waals surface area contributed by atoms with Gasteiger partial charge < -0.3 is 22.1 Å². The summed E-state index contributed by atoms with van der Waals surface area (Å²) in [6.07, 6.45) is 14.4. The molecule has 0 bridgehead atoms. The molecule has 1 heterocycles. The summed E-state index contributed by atoms with van der Waals surface area (Å²) in [5.74, 6) is 0. The van der Waals surface area contributed by atoms with Crippen molar-refractivity contribution >= 4 is 0 Å². The van der Waals surface area contributed by atoms with E-state index < -0.39 is 0 Å². The minimum atomic E-state index is 0. The van der Waals surface area contributed by atoms with Crippen LogP contribution in [0.15, 0.2) is 30.6 Å². The van der Waals surface area contributed by atoms with Crippen LogP contribution in [-0.2, 0) is 6.54 Å². The highest BCUT2D eigenvalue weighted by Crippen LogP contribution is 2.08. The molecule has 3 heteroatoms. The summed E-state index contributed by atoms with van der Waals surface area (Å²) in [5.41, 5.74) is 0. The van der Waals surface area contributed by atoms with Gasteiger partial charge in [0.25, 0.3) is 0 Å². The number of aliphatic hydroxyl groups is 1. The van der Waals surface area contributed by atoms with Crippen molar-refractivity contribution in [2.24, 2.45) is 0 Å². The number of aromatic nitrogens is 1. The lowest BCUT2D eigenvalue weighted by Crippen LogP contribution is -3.00. The lowest BCUT2D eigenvalue weighted by molar-refractivity contribution is -0.697. The maximum absolute atomic E-state index is 8.64. The number of halogens is 1. The van der Waals surface area contributed by atoms with Crippen LogP contribution in [0.4, 0.5) is 0 Å². The topological polar surface area (TPSA) is 24.1 Å². The molecule has 1 aromatic heterocycles. The summed E-state index contributed by atoms with van der Waals surface area (Å²) in [6, 6.07) is 6.23. The van der Waals surface area contributed by atoms with Crippen LogP contribution >= 0.6 is 0 Å². The second-order valence-electron chi connectivity index (χ2n) is 4.67. The molecule has 104 valence electrons. The van der Waals surface area contributed by atoms with Crippen molar-refractivity contribution in [3.63, 3.8) is 0 Å². The average Bonchev–Trinajstić information content (AvgIpc) is 2.38. The van der Waals surface area contributed by atoms with Gasteiger partial charge in [0.2, 0.25) is 0 Å². The normalized spacial score (nSPS) is 10.1. The summed E-state index contributed by atoms with van der Waals surface area (Å²) in [6.45, 7) is 1.50. The predicted molar refractivity (Wildman–Crippen MR) is 70.7 cm³/mol. The third kappa shape index (κ3) is 9.60. The van der Waals surface area contributed by atoms with Crippen LogP contribution in [0, 0.1) is 0 Å². The lowest BCUT2D eigenvalue weighted by atomic mass is 10.1. The van der Waals surface area contributed by atoms with E-state index in [4.69, 9.17) is 5.11 Å². The summed E-state index contributed by atoms with van der Waals surface area (Å²) < 4.78 is 2.25. The fourth-order valence-corrected chi connectivity index (χ4v) is 2.05. The maximum atomic E-state index is 8.64. The van der Waals surface area contributed by atoms with Gasteiger partial charge in [-0.2, -0.15) is 0 Å². The Labute approximate surface area is 122 Å². The van der Waals surface area contributed by atoms with Crippen LogP contribution < -0.4 is 21.5 Å². The molecule has 1 N–H and O–H groups in total. The second-order valence-corrected chi connectivity index (χ2v) is 4.67. The van der Waals surface area contributed by atoms with E-state index >= 15 is 0 Å². The molecule has 0 amide bonds. The SMILES string of the molecule is OCCCCCCCCCC[n+]1ccccc1.[Br-]. The molecule has 0 aromatic carbocycles. The molecule has 0 saturated carbocycles. The van der Waals surface area contributed by atoms with Gasteiger partial charge in [-0.05, 0) is 12.8 Å². The van der Waals surface area contributed by atoms with E-state index in [9.17, 15) is 0 Å². The van der Waals surface area contributed by atoms with E-state index in [1.165, 1.54) is 44.9 Å². The fourth-order valence-electron chi connectivity index (χ4n) is 2.05. The Morgan fingerprint density at radius 3 is 1.72 bits per heavy atom. The Kier molecular flexibility index (Phi) is 12.7. The number of unbranched alkanes of at least 4 members (excludes halogenated alkanes) is 7. The van der Waals surface area contributed by atoms with E-state index in [1.807, 2.05) is 0 Å². The van der Waals surface area contributed by atoms with Crippen molar-refractivity contribution in [1.82, 2.24) is 0 Å². The molecule has 0 spiro atoms. The smallest absolute Gasteiger partial charge is 0.168 e. The first-order valence-corrected chi connectivity index (χ1v) is 6.98. The number of hydrogen-bond acceptors (Lipinski definition) is 1. The minimum absolute atomic E-state index is 0. The first kappa shape index (κ1) is 17.6. The molecular formula is C15H26BrNO. The largest absolute Gasteiger partial charge is 1.00 e. The highest BCUT2D eigenvalue weighted by molar-refractivity contribution is 4.83. The Morgan fingerprint density at radius 1 is 0.667 bits per heavy atom. The standard InChI is InChI=1S/C15H26NO.BrH/c17-15-11-6-4-2-1-3-5-8-12-16-13-9-7-10-14-16;/h7,9-10,13-14,17H,1-6,8,11-12,15H2;1H/q+1;/p-1. The zero-order valence-electron chi connectivity index (χ0n) is 11.2. The molecule has 0 atom stereocenters. The van der Waals surface area contributed by atoms with E-state index in [1.54, 1.807) is 0 Å². The van der Waals surface area contributed by atoms with Crippen molar-refractivity contribution in [2.45, 2.75) is 57.9 Å². The van der Waals surface area contributed by atoms with Gasteiger partial charge in [-0.25, -0.2) is 4.57 Å². The Hall–Kier alpha value is -0.410. The molecule has 0 aliphatic rings. The molecule has 0 radical (unpaired) electrons. The van der Waals surface area contributed by atoms with Crippen molar-refractivity contribution in [3.05, 3.63) is 30.6 Å². The quantitative estimate of drug-likeness (QED) is 0.480. The molecule has 0 aliphatic heterocycles. The van der Waals surface area contributed by atoms with Gasteiger partial charge in [-0.3, -0.25) is 0 Å². The number of nitrogens with zero attached hydrogens (tertiary/aromatic N) is 1. The van der Waals surface area contributed by atoms with Gasteiger partial charge in [-0.1, -0.05) is 38.2 Å². The maximum Gasteiger partial charge on any atom is 0.168 e. The van der Waals surface area contributed by atoms with Crippen molar-refractivity contribution in [3.8, 4) is 0 Å². The first-order chi connectivity index (χ1) is 8.43. The predicted octanol–water partition coefficient (Wildman–Crippen LogP) is 0.0912. The molecule has 0 fully saturated rings. The van der Waals surface area contributed by atoms with Crippen LogP contribution in [0.3, 0.4) is 0 Å². The third-order valence-corrected chi connectivity index (χ3v) is 3.10. The Bertz CT molecular complexity index is 266. The fraction of sp³-hybridized carbons (Fsp3) is 0.667. The monoisotopic (exact) mass is 315 g/mol. The Balaban J connectivity index is 0.00000289. The van der Waals surface area contributed by atoms with Crippen molar-refractivity contribution < 1.29 is 26.7 Å². The molecular weight excluding hydrogens is 290 g/mol. The minimum Gasteiger partial charge on any atom is -1.00 e. The molecule has 0 aliphatic carbocycles. The van der Waals surface area contributed by atoms with E-state index in [2.05, 4.69) is 35.2 Å². The van der Waals surface area contributed by atoms with Gasteiger partial charge in [0.05, 0.1) is 0 Å². The number of hydrogen-bond donors (Lipinski definition) is 1.